The van der Waals surface area contributed by atoms with Crippen molar-refractivity contribution in [3.05, 3.63) is 53.1 Å². The van der Waals surface area contributed by atoms with Gasteiger partial charge in [-0.1, -0.05) is 44.6 Å². The molecular weight excluding hydrogens is 484 g/mol. The normalized spacial score (nSPS) is 29.9. The molecule has 0 radical (unpaired) electrons. The molecule has 1 amide bonds. The first-order chi connectivity index (χ1) is 17.4. The van der Waals surface area contributed by atoms with Gasteiger partial charge in [-0.2, -0.15) is 0 Å². The smallest absolute Gasteiger partial charge is 0.223 e. The number of allylic oxidation sites excluding steroid dienone is 2. The highest BCUT2D eigenvalue weighted by molar-refractivity contribution is 7.18. The summed E-state index contributed by atoms with van der Waals surface area (Å²) < 4.78 is 1.11. The van der Waals surface area contributed by atoms with Crippen molar-refractivity contribution >= 4 is 33.2 Å². The average Bonchev–Trinajstić information content (AvgIpc) is 3.22. The predicted octanol–water partition coefficient (Wildman–Crippen LogP) is 5.82. The third-order valence-electron chi connectivity index (χ3n) is 7.79. The maximum Gasteiger partial charge on any atom is 0.223 e. The van der Waals surface area contributed by atoms with E-state index in [1.54, 1.807) is 31.3 Å². The van der Waals surface area contributed by atoms with Crippen LogP contribution in [0.1, 0.15) is 82.8 Å². The number of nitrogens with zero attached hydrogens (tertiary/aromatic N) is 1. The van der Waals surface area contributed by atoms with Crippen molar-refractivity contribution < 1.29 is 19.8 Å². The molecule has 0 unspecified atom stereocenters. The van der Waals surface area contributed by atoms with Gasteiger partial charge in [-0.15, -0.1) is 17.9 Å². The van der Waals surface area contributed by atoms with Crippen molar-refractivity contribution in [3.63, 3.8) is 0 Å². The van der Waals surface area contributed by atoms with E-state index in [0.717, 1.165) is 40.1 Å². The molecule has 0 fully saturated rings. The Morgan fingerprint density at radius 2 is 1.97 bits per heavy atom. The number of benzene rings is 1. The van der Waals surface area contributed by atoms with Crippen molar-refractivity contribution in [2.45, 2.75) is 91.4 Å². The largest absolute Gasteiger partial charge is 0.392 e. The first-order valence-electron chi connectivity index (χ1n) is 13.3. The average molecular weight is 527 g/mol. The van der Waals surface area contributed by atoms with Gasteiger partial charge in [0.05, 0.1) is 45.3 Å². The summed E-state index contributed by atoms with van der Waals surface area (Å²) in [5, 5.41) is 26.2. The van der Waals surface area contributed by atoms with E-state index in [-0.39, 0.29) is 30.1 Å². The van der Waals surface area contributed by atoms with Gasteiger partial charge in [0.15, 0.2) is 0 Å². The molecule has 37 heavy (non-hydrogen) atoms. The lowest BCUT2D eigenvalue weighted by atomic mass is 9.71. The summed E-state index contributed by atoms with van der Waals surface area (Å²) in [5.41, 5.74) is 1.89. The van der Waals surface area contributed by atoms with Crippen LogP contribution >= 0.6 is 11.3 Å². The number of carbonyl (C=O) groups is 2. The summed E-state index contributed by atoms with van der Waals surface area (Å²) >= 11 is 1.64. The summed E-state index contributed by atoms with van der Waals surface area (Å²) in [6.07, 6.45) is 5.08. The summed E-state index contributed by atoms with van der Waals surface area (Å²) in [5.74, 6) is -1.31. The molecule has 0 spiro atoms. The van der Waals surface area contributed by atoms with E-state index in [1.165, 1.54) is 5.57 Å². The minimum atomic E-state index is -1.20. The molecule has 1 aliphatic rings. The van der Waals surface area contributed by atoms with Crippen LogP contribution in [0.15, 0.2) is 42.5 Å². The Morgan fingerprint density at radius 3 is 2.68 bits per heavy atom. The molecule has 1 aromatic heterocycles. The molecule has 2 aromatic rings. The molecule has 1 aromatic carbocycles. The fraction of sp³-hybridized carbons (Fsp3) is 0.567. The molecular formula is C30H42N2O4S. The molecule has 3 rings (SSSR count). The Labute approximate surface area is 224 Å². The molecule has 0 saturated heterocycles. The number of aliphatic hydroxyl groups excluding tert-OH is 2. The maximum absolute atomic E-state index is 13.6. The minimum absolute atomic E-state index is 0.0770. The van der Waals surface area contributed by atoms with Crippen LogP contribution in [0.4, 0.5) is 0 Å². The predicted molar refractivity (Wildman–Crippen MR) is 150 cm³/mol. The summed E-state index contributed by atoms with van der Waals surface area (Å²) in [6.45, 7) is 13.1. The van der Waals surface area contributed by atoms with Crippen LogP contribution in [0.25, 0.3) is 10.2 Å². The number of hydrogen-bond acceptors (Lipinski definition) is 6. The number of ketones is 1. The molecule has 0 bridgehead atoms. The first-order valence-corrected chi connectivity index (χ1v) is 14.1. The van der Waals surface area contributed by atoms with Gasteiger partial charge < -0.3 is 15.5 Å². The zero-order chi connectivity index (χ0) is 27.3. The zero-order valence-electron chi connectivity index (χ0n) is 22.8. The number of hydrogen-bond donors (Lipinski definition) is 3. The highest BCUT2D eigenvalue weighted by Crippen LogP contribution is 2.34. The van der Waals surface area contributed by atoms with Crippen LogP contribution in [0, 0.1) is 24.2 Å². The topological polar surface area (TPSA) is 99.5 Å². The quantitative estimate of drug-likeness (QED) is 0.438. The Kier molecular flexibility index (Phi) is 9.84. The van der Waals surface area contributed by atoms with Crippen molar-refractivity contribution in [1.29, 1.82) is 0 Å². The SMILES string of the molecule is C=CC[C@H]1C(=O)C(C)(C)[C@@H](O)CC(=O)N[C@H](c2ccc3sc(C)nc3c2)C/C=C(/C)CCC[C@H](C)[C@@H]1O. The standard InChI is InChI=1S/C30H42N2O4S/c1-7-9-22-28(35)19(3)11-8-10-18(2)12-14-23(21-13-15-25-24(16-21)31-20(4)37-25)32-27(34)17-26(33)30(5,6)29(22)36/h7,12-13,15-16,19,22-23,26,28,33,35H,1,8-11,14,17H2,2-6H3,(H,32,34)/b18-12-/t19-,22+,23-,26-,28-/m0/s1. The van der Waals surface area contributed by atoms with E-state index in [9.17, 15) is 19.8 Å². The number of nitrogens with one attached hydrogen (secondary N) is 1. The lowest BCUT2D eigenvalue weighted by Gasteiger charge is -2.35. The Morgan fingerprint density at radius 1 is 1.24 bits per heavy atom. The lowest BCUT2D eigenvalue weighted by Crippen LogP contribution is -2.47. The second kappa shape index (κ2) is 12.5. The van der Waals surface area contributed by atoms with Crippen molar-refractivity contribution in [2.24, 2.45) is 17.3 Å². The summed E-state index contributed by atoms with van der Waals surface area (Å²) in [7, 11) is 0. The summed E-state index contributed by atoms with van der Waals surface area (Å²) in [6, 6.07) is 5.82. The molecule has 0 saturated carbocycles. The van der Waals surface area contributed by atoms with Crippen molar-refractivity contribution in [3.8, 4) is 0 Å². The van der Waals surface area contributed by atoms with Gasteiger partial charge >= 0.3 is 0 Å². The number of Topliss-reactive ketones (excluding diaryl/α,β-unsaturated/α-hetero) is 1. The van der Waals surface area contributed by atoms with Gasteiger partial charge in [-0.05, 0) is 69.6 Å². The van der Waals surface area contributed by atoms with E-state index in [1.807, 2.05) is 32.0 Å². The molecule has 5 atom stereocenters. The second-order valence-electron chi connectivity index (χ2n) is 11.2. The second-order valence-corrected chi connectivity index (χ2v) is 12.4. The lowest BCUT2D eigenvalue weighted by molar-refractivity contribution is -0.144. The first kappa shape index (κ1) is 29.2. The number of thiazole rings is 1. The van der Waals surface area contributed by atoms with E-state index >= 15 is 0 Å². The van der Waals surface area contributed by atoms with Crippen molar-refractivity contribution in [1.82, 2.24) is 10.3 Å². The van der Waals surface area contributed by atoms with E-state index in [4.69, 9.17) is 0 Å². The summed E-state index contributed by atoms with van der Waals surface area (Å²) in [4.78, 5) is 31.3. The van der Waals surface area contributed by atoms with Gasteiger partial charge in [-0.3, -0.25) is 9.59 Å². The molecule has 1 aliphatic heterocycles. The van der Waals surface area contributed by atoms with Crippen molar-refractivity contribution in [2.75, 3.05) is 0 Å². The van der Waals surface area contributed by atoms with Crippen LogP contribution < -0.4 is 5.32 Å². The number of aromatic nitrogens is 1. The van der Waals surface area contributed by atoms with E-state index < -0.39 is 23.5 Å². The monoisotopic (exact) mass is 526 g/mol. The highest BCUT2D eigenvalue weighted by Gasteiger charge is 2.43. The number of aliphatic hydroxyl groups is 2. The molecule has 2 heterocycles. The van der Waals surface area contributed by atoms with Crippen LogP contribution in [0.5, 0.6) is 0 Å². The molecule has 7 heteroatoms. The van der Waals surface area contributed by atoms with E-state index in [2.05, 4.69) is 29.9 Å². The maximum atomic E-state index is 13.6. The number of carbonyl (C=O) groups excluding carboxylic acids is 2. The van der Waals surface area contributed by atoms with Crippen LogP contribution in [0.2, 0.25) is 0 Å². The fourth-order valence-corrected chi connectivity index (χ4v) is 5.96. The van der Waals surface area contributed by atoms with Gasteiger partial charge in [-0.25, -0.2) is 4.98 Å². The van der Waals surface area contributed by atoms with E-state index in [0.29, 0.717) is 12.8 Å². The zero-order valence-corrected chi connectivity index (χ0v) is 23.6. The fourth-order valence-electron chi connectivity index (χ4n) is 5.15. The number of aryl methyl sites for hydroxylation is 1. The van der Waals surface area contributed by atoms with Crippen LogP contribution in [-0.4, -0.2) is 39.1 Å². The Hall–Kier alpha value is -2.35. The van der Waals surface area contributed by atoms with Crippen LogP contribution in [0.3, 0.4) is 0 Å². The van der Waals surface area contributed by atoms with Gasteiger partial charge in [0.2, 0.25) is 5.91 Å². The van der Waals surface area contributed by atoms with Gasteiger partial charge in [0.1, 0.15) is 5.78 Å². The molecule has 6 nitrogen and oxygen atoms in total. The van der Waals surface area contributed by atoms with Crippen LogP contribution in [-0.2, 0) is 9.59 Å². The third-order valence-corrected chi connectivity index (χ3v) is 8.74. The molecule has 202 valence electrons. The minimum Gasteiger partial charge on any atom is -0.392 e. The number of amides is 1. The Balaban J connectivity index is 1.93. The number of fused-ring (bicyclic) bond motifs is 1. The number of rotatable bonds is 3. The van der Waals surface area contributed by atoms with Gasteiger partial charge in [0, 0.05) is 5.92 Å². The Bertz CT molecular complexity index is 1150. The van der Waals surface area contributed by atoms with Gasteiger partial charge in [0.25, 0.3) is 0 Å². The third kappa shape index (κ3) is 7.15. The highest BCUT2D eigenvalue weighted by atomic mass is 32.1. The molecule has 0 aliphatic carbocycles. The molecule has 3 N–H and O–H groups in total.